The Morgan fingerprint density at radius 2 is 2.24 bits per heavy atom. The third-order valence-corrected chi connectivity index (χ3v) is 4.92. The van der Waals surface area contributed by atoms with Gasteiger partial charge in [-0.05, 0) is 49.3 Å². The van der Waals surface area contributed by atoms with Gasteiger partial charge in [0.2, 0.25) is 0 Å². The maximum Gasteiger partial charge on any atom is 0.137 e. The van der Waals surface area contributed by atoms with E-state index in [-0.39, 0.29) is 0 Å². The number of nitrogens with zero attached hydrogens (tertiary/aromatic N) is 1. The van der Waals surface area contributed by atoms with Crippen molar-refractivity contribution in [1.82, 2.24) is 15.3 Å². The molecule has 2 heterocycles. The largest absolute Gasteiger partial charge is 0.389 e. The van der Waals surface area contributed by atoms with Gasteiger partial charge in [-0.3, -0.25) is 0 Å². The van der Waals surface area contributed by atoms with Gasteiger partial charge in [-0.25, -0.2) is 4.98 Å². The lowest BCUT2D eigenvalue weighted by Gasteiger charge is -2.36. The minimum absolute atomic E-state index is 0.518. The molecule has 0 amide bonds. The molecule has 3 rings (SSSR count). The summed E-state index contributed by atoms with van der Waals surface area (Å²) in [6.45, 7) is 3.69. The molecule has 1 aliphatic carbocycles. The first-order valence-electron chi connectivity index (χ1n) is 8.04. The number of aromatic nitrogens is 2. The summed E-state index contributed by atoms with van der Waals surface area (Å²) < 4.78 is 0. The van der Waals surface area contributed by atoms with E-state index in [4.69, 9.17) is 0 Å². The zero-order chi connectivity index (χ0) is 14.7. The molecule has 0 saturated heterocycles. The second-order valence-electron chi connectivity index (χ2n) is 6.39. The van der Waals surface area contributed by atoms with Crippen molar-refractivity contribution >= 4 is 11.0 Å². The molecular formula is C17H25N3O. The molecule has 0 radical (unpaired) electrons. The molecule has 21 heavy (non-hydrogen) atoms. The zero-order valence-electron chi connectivity index (χ0n) is 12.7. The first-order valence-corrected chi connectivity index (χ1v) is 8.04. The van der Waals surface area contributed by atoms with Crippen LogP contribution in [-0.2, 0) is 6.54 Å². The van der Waals surface area contributed by atoms with Crippen molar-refractivity contribution in [3.63, 3.8) is 0 Å². The van der Waals surface area contributed by atoms with Crippen LogP contribution >= 0.6 is 0 Å². The standard InChI is InChI=1S/C17H25N3O/c1-2-13-5-7-17(21,8-6-13)12-18-10-14-11-20-16-15(14)4-3-9-19-16/h3-4,9,11,13,18,21H,2,5-8,10,12H2,1H3,(H,19,20). The molecule has 4 heteroatoms. The summed E-state index contributed by atoms with van der Waals surface area (Å²) in [5.74, 6) is 0.810. The first-order chi connectivity index (χ1) is 10.2. The van der Waals surface area contributed by atoms with Crippen molar-refractivity contribution in [2.24, 2.45) is 5.92 Å². The Morgan fingerprint density at radius 1 is 1.43 bits per heavy atom. The van der Waals surface area contributed by atoms with Gasteiger partial charge in [0.1, 0.15) is 5.65 Å². The van der Waals surface area contributed by atoms with Crippen molar-refractivity contribution in [1.29, 1.82) is 0 Å². The molecule has 0 aliphatic heterocycles. The van der Waals surface area contributed by atoms with Gasteiger partial charge in [0, 0.05) is 30.9 Å². The highest BCUT2D eigenvalue weighted by atomic mass is 16.3. The molecule has 1 saturated carbocycles. The van der Waals surface area contributed by atoms with E-state index in [0.717, 1.165) is 49.2 Å². The molecule has 0 aromatic carbocycles. The van der Waals surface area contributed by atoms with Crippen LogP contribution in [0, 0.1) is 5.92 Å². The number of hydrogen-bond donors (Lipinski definition) is 3. The number of rotatable bonds is 5. The van der Waals surface area contributed by atoms with E-state index in [0.29, 0.717) is 6.54 Å². The Morgan fingerprint density at radius 3 is 3.00 bits per heavy atom. The number of pyridine rings is 1. The number of aliphatic hydroxyl groups is 1. The molecule has 0 atom stereocenters. The normalized spacial score (nSPS) is 26.3. The number of hydrogen-bond acceptors (Lipinski definition) is 3. The Labute approximate surface area is 126 Å². The SMILES string of the molecule is CCC1CCC(O)(CNCc2c[nH]c3ncccc23)CC1. The van der Waals surface area contributed by atoms with Crippen LogP contribution in [0.15, 0.2) is 24.5 Å². The Balaban J connectivity index is 1.54. The quantitative estimate of drug-likeness (QED) is 0.792. The van der Waals surface area contributed by atoms with Gasteiger partial charge in [0.05, 0.1) is 5.60 Å². The fourth-order valence-electron chi connectivity index (χ4n) is 3.39. The van der Waals surface area contributed by atoms with Crippen LogP contribution in [0.3, 0.4) is 0 Å². The second kappa shape index (κ2) is 6.16. The summed E-state index contributed by atoms with van der Waals surface area (Å²) in [4.78, 5) is 7.48. The lowest BCUT2D eigenvalue weighted by molar-refractivity contribution is -0.00879. The van der Waals surface area contributed by atoms with Crippen LogP contribution in [-0.4, -0.2) is 27.2 Å². The summed E-state index contributed by atoms with van der Waals surface area (Å²) in [7, 11) is 0. The molecule has 0 bridgehead atoms. The van der Waals surface area contributed by atoms with Crippen LogP contribution in [0.1, 0.15) is 44.6 Å². The first kappa shape index (κ1) is 14.5. The fourth-order valence-corrected chi connectivity index (χ4v) is 3.39. The van der Waals surface area contributed by atoms with Crippen molar-refractivity contribution in [2.45, 2.75) is 51.2 Å². The van der Waals surface area contributed by atoms with Crippen LogP contribution in [0.25, 0.3) is 11.0 Å². The van der Waals surface area contributed by atoms with E-state index in [9.17, 15) is 5.11 Å². The average molecular weight is 287 g/mol. The van der Waals surface area contributed by atoms with E-state index >= 15 is 0 Å². The molecule has 4 nitrogen and oxygen atoms in total. The molecule has 0 spiro atoms. The number of H-pyrrole nitrogens is 1. The second-order valence-corrected chi connectivity index (χ2v) is 6.39. The average Bonchev–Trinajstić information content (AvgIpc) is 2.92. The maximum absolute atomic E-state index is 10.6. The van der Waals surface area contributed by atoms with Gasteiger partial charge in [-0.15, -0.1) is 0 Å². The van der Waals surface area contributed by atoms with Crippen LogP contribution in [0.2, 0.25) is 0 Å². The van der Waals surface area contributed by atoms with Gasteiger partial charge in [-0.2, -0.15) is 0 Å². The molecule has 1 fully saturated rings. The fraction of sp³-hybridized carbons (Fsp3) is 0.588. The summed E-state index contributed by atoms with van der Waals surface area (Å²) >= 11 is 0. The Kier molecular flexibility index (Phi) is 4.27. The number of fused-ring (bicyclic) bond motifs is 1. The van der Waals surface area contributed by atoms with Gasteiger partial charge < -0.3 is 15.4 Å². The Hall–Kier alpha value is -1.39. The lowest BCUT2D eigenvalue weighted by Crippen LogP contribution is -2.43. The van der Waals surface area contributed by atoms with Gasteiger partial charge in [0.25, 0.3) is 0 Å². The summed E-state index contributed by atoms with van der Waals surface area (Å²) in [5.41, 5.74) is 1.62. The molecule has 2 aromatic heterocycles. The van der Waals surface area contributed by atoms with E-state index in [1.165, 1.54) is 12.0 Å². The third-order valence-electron chi connectivity index (χ3n) is 4.92. The van der Waals surface area contributed by atoms with Crippen molar-refractivity contribution in [3.05, 3.63) is 30.1 Å². The maximum atomic E-state index is 10.6. The minimum Gasteiger partial charge on any atom is -0.389 e. The molecule has 114 valence electrons. The summed E-state index contributed by atoms with van der Waals surface area (Å²) in [5, 5.41) is 15.2. The predicted octanol–water partition coefficient (Wildman–Crippen LogP) is 2.98. The molecule has 1 aliphatic rings. The van der Waals surface area contributed by atoms with Crippen molar-refractivity contribution in [2.75, 3.05) is 6.54 Å². The van der Waals surface area contributed by atoms with Crippen LogP contribution in [0.5, 0.6) is 0 Å². The van der Waals surface area contributed by atoms with E-state index in [1.54, 1.807) is 6.20 Å². The topological polar surface area (TPSA) is 60.9 Å². The van der Waals surface area contributed by atoms with Crippen LogP contribution in [0.4, 0.5) is 0 Å². The molecule has 3 N–H and O–H groups in total. The van der Waals surface area contributed by atoms with E-state index < -0.39 is 5.60 Å². The summed E-state index contributed by atoms with van der Waals surface area (Å²) in [6, 6.07) is 4.04. The van der Waals surface area contributed by atoms with E-state index in [2.05, 4.69) is 28.3 Å². The van der Waals surface area contributed by atoms with Gasteiger partial charge in [-0.1, -0.05) is 13.3 Å². The van der Waals surface area contributed by atoms with E-state index in [1.807, 2.05) is 12.3 Å². The molecule has 2 aromatic rings. The van der Waals surface area contributed by atoms with Crippen molar-refractivity contribution < 1.29 is 5.11 Å². The molecule has 0 unspecified atom stereocenters. The van der Waals surface area contributed by atoms with Crippen molar-refractivity contribution in [3.8, 4) is 0 Å². The highest BCUT2D eigenvalue weighted by molar-refractivity contribution is 5.79. The van der Waals surface area contributed by atoms with Gasteiger partial charge >= 0.3 is 0 Å². The lowest BCUT2D eigenvalue weighted by atomic mass is 9.78. The monoisotopic (exact) mass is 287 g/mol. The smallest absolute Gasteiger partial charge is 0.137 e. The highest BCUT2D eigenvalue weighted by Crippen LogP contribution is 2.33. The third kappa shape index (κ3) is 3.27. The number of aromatic amines is 1. The zero-order valence-corrected chi connectivity index (χ0v) is 12.7. The van der Waals surface area contributed by atoms with Gasteiger partial charge in [0.15, 0.2) is 0 Å². The molecular weight excluding hydrogens is 262 g/mol. The number of nitrogens with one attached hydrogen (secondary N) is 2. The summed E-state index contributed by atoms with van der Waals surface area (Å²) in [6.07, 6.45) is 9.21. The minimum atomic E-state index is -0.518. The Bertz CT molecular complexity index is 584. The highest BCUT2D eigenvalue weighted by Gasteiger charge is 2.32. The predicted molar refractivity (Wildman–Crippen MR) is 85.0 cm³/mol. The van der Waals surface area contributed by atoms with Crippen LogP contribution < -0.4 is 5.32 Å².